The highest BCUT2D eigenvalue weighted by Crippen LogP contribution is 2.22. The van der Waals surface area contributed by atoms with Crippen LogP contribution in [0.5, 0.6) is 5.88 Å². The van der Waals surface area contributed by atoms with Crippen LogP contribution in [-0.4, -0.2) is 27.0 Å². The van der Waals surface area contributed by atoms with Gasteiger partial charge in [0.05, 0.1) is 11.9 Å². The van der Waals surface area contributed by atoms with E-state index in [0.29, 0.717) is 5.88 Å². The van der Waals surface area contributed by atoms with Gasteiger partial charge in [0, 0.05) is 28.8 Å². The highest BCUT2D eigenvalue weighted by molar-refractivity contribution is 9.10. The van der Waals surface area contributed by atoms with E-state index in [4.69, 9.17) is 4.74 Å². The molecule has 2 aromatic heterocycles. The first-order chi connectivity index (χ1) is 13.7. The smallest absolute Gasteiger partial charge is 0.278 e. The number of amides is 1. The van der Waals surface area contributed by atoms with Crippen LogP contribution in [0.2, 0.25) is 0 Å². The molecule has 1 amide bonds. The molecule has 146 valence electrons. The van der Waals surface area contributed by atoms with Crippen molar-refractivity contribution in [2.75, 3.05) is 6.61 Å². The molecule has 9 heteroatoms. The second kappa shape index (κ2) is 10.1. The number of hydrogen-bond donors (Lipinski definition) is 1. The minimum Gasteiger partial charge on any atom is -0.466 e. The number of carbonyl (C=O) groups excluding carboxylic acids is 1. The maximum Gasteiger partial charge on any atom is 0.278 e. The monoisotopic (exact) mass is 461 g/mol. The lowest BCUT2D eigenvalue weighted by molar-refractivity contribution is -0.123. The third-order valence-corrected chi connectivity index (χ3v) is 5.23. The van der Waals surface area contributed by atoms with E-state index in [1.165, 1.54) is 29.9 Å². The van der Waals surface area contributed by atoms with Crippen LogP contribution in [-0.2, 0) is 11.3 Å². The first-order valence-electron chi connectivity index (χ1n) is 8.83. The van der Waals surface area contributed by atoms with Crippen LogP contribution in [0.1, 0.15) is 19.8 Å². The number of nitrogens with zero attached hydrogens (tertiary/aromatic N) is 4. The van der Waals surface area contributed by atoms with Crippen molar-refractivity contribution in [1.29, 1.82) is 0 Å². The number of ether oxygens (including phenoxy) is 1. The van der Waals surface area contributed by atoms with Gasteiger partial charge in [-0.2, -0.15) is 0 Å². The average molecular weight is 462 g/mol. The molecule has 1 N–H and O–H groups in total. The number of nitrogens with one attached hydrogen (secondary N) is 1. The van der Waals surface area contributed by atoms with E-state index >= 15 is 0 Å². The number of unbranched alkanes of at least 4 members (excludes halogenated alkanes) is 1. The van der Waals surface area contributed by atoms with Crippen molar-refractivity contribution in [2.45, 2.75) is 26.3 Å². The van der Waals surface area contributed by atoms with Gasteiger partial charge in [-0.05, 0) is 24.1 Å². The number of benzene rings is 1. The van der Waals surface area contributed by atoms with E-state index in [2.05, 4.69) is 65.4 Å². The second-order valence-electron chi connectivity index (χ2n) is 5.89. The molecule has 0 bridgehead atoms. The topological polar surface area (TPSA) is 81.4 Å². The van der Waals surface area contributed by atoms with Crippen molar-refractivity contribution in [3.05, 3.63) is 57.5 Å². The van der Waals surface area contributed by atoms with Gasteiger partial charge in [0.1, 0.15) is 0 Å². The summed E-state index contributed by atoms with van der Waals surface area (Å²) < 4.78 is 8.44. The number of carbonyl (C=O) groups is 1. The van der Waals surface area contributed by atoms with Crippen LogP contribution in [0.3, 0.4) is 0 Å². The summed E-state index contributed by atoms with van der Waals surface area (Å²) in [4.78, 5) is 20.6. The Bertz CT molecular complexity index is 970. The molecule has 3 aromatic rings. The molecule has 0 saturated heterocycles. The molecule has 0 atom stereocenters. The van der Waals surface area contributed by atoms with Gasteiger partial charge in [-0.15, -0.1) is 16.4 Å². The predicted octanol–water partition coefficient (Wildman–Crippen LogP) is 3.58. The van der Waals surface area contributed by atoms with Gasteiger partial charge in [0.2, 0.25) is 10.7 Å². The summed E-state index contributed by atoms with van der Waals surface area (Å²) in [7, 11) is 0. The molecule has 0 aliphatic rings. The molecular weight excluding hydrogens is 442 g/mol. The number of hydrogen-bond acceptors (Lipinski definition) is 6. The van der Waals surface area contributed by atoms with Gasteiger partial charge < -0.3 is 9.30 Å². The minimum absolute atomic E-state index is 0.178. The van der Waals surface area contributed by atoms with Crippen molar-refractivity contribution < 1.29 is 9.53 Å². The lowest BCUT2D eigenvalue weighted by atomic mass is 10.2. The lowest BCUT2D eigenvalue weighted by Crippen LogP contribution is -2.28. The van der Waals surface area contributed by atoms with Crippen LogP contribution in [0.4, 0.5) is 0 Å². The van der Waals surface area contributed by atoms with Crippen molar-refractivity contribution >= 4 is 33.2 Å². The van der Waals surface area contributed by atoms with Crippen molar-refractivity contribution in [3.63, 3.8) is 0 Å². The Morgan fingerprint density at radius 3 is 2.86 bits per heavy atom. The average Bonchev–Trinajstić information content (AvgIpc) is 3.13. The quantitative estimate of drug-likeness (QED) is 0.519. The third-order valence-electron chi connectivity index (χ3n) is 3.84. The summed E-state index contributed by atoms with van der Waals surface area (Å²) >= 11 is 4.95. The summed E-state index contributed by atoms with van der Waals surface area (Å²) in [5.74, 6) is -0.0596. The van der Waals surface area contributed by atoms with Crippen molar-refractivity contribution in [1.82, 2.24) is 20.0 Å². The number of thiazole rings is 1. The lowest BCUT2D eigenvalue weighted by Gasteiger charge is -2.09. The maximum absolute atomic E-state index is 12.0. The number of rotatable bonds is 8. The third kappa shape index (κ3) is 5.49. The normalized spacial score (nSPS) is 11.4. The summed E-state index contributed by atoms with van der Waals surface area (Å²) in [5, 5.41) is 6.35. The van der Waals surface area contributed by atoms with Gasteiger partial charge in [0.15, 0.2) is 6.61 Å². The molecule has 0 saturated carbocycles. The molecular formula is C19H20BrN5O2S. The number of halogens is 1. The summed E-state index contributed by atoms with van der Waals surface area (Å²) in [6.07, 6.45) is 6.59. The van der Waals surface area contributed by atoms with Crippen molar-refractivity contribution in [3.8, 4) is 17.1 Å². The highest BCUT2D eigenvalue weighted by atomic mass is 79.9. The molecule has 0 spiro atoms. The SMILES string of the molecule is CCCCn1c(-c2ccc(Br)cc2)cs/c1=N\NC(=O)COc1cnccn1. The molecule has 1 aromatic carbocycles. The van der Waals surface area contributed by atoms with E-state index in [0.717, 1.165) is 39.9 Å². The Morgan fingerprint density at radius 1 is 1.32 bits per heavy atom. The van der Waals surface area contributed by atoms with Gasteiger partial charge in [-0.3, -0.25) is 9.78 Å². The maximum atomic E-state index is 12.0. The molecule has 0 aliphatic carbocycles. The Balaban J connectivity index is 1.74. The zero-order valence-electron chi connectivity index (χ0n) is 15.3. The molecule has 7 nitrogen and oxygen atoms in total. The first-order valence-corrected chi connectivity index (χ1v) is 10.5. The highest BCUT2D eigenvalue weighted by Gasteiger charge is 2.09. The van der Waals surface area contributed by atoms with Crippen LogP contribution < -0.4 is 15.0 Å². The van der Waals surface area contributed by atoms with Crippen LogP contribution >= 0.6 is 27.3 Å². The fourth-order valence-electron chi connectivity index (χ4n) is 2.44. The van der Waals surface area contributed by atoms with E-state index in [1.54, 1.807) is 0 Å². The fourth-order valence-corrected chi connectivity index (χ4v) is 3.60. The van der Waals surface area contributed by atoms with Gasteiger partial charge in [-0.25, -0.2) is 10.4 Å². The molecule has 28 heavy (non-hydrogen) atoms. The van der Waals surface area contributed by atoms with Gasteiger partial charge >= 0.3 is 0 Å². The molecule has 0 radical (unpaired) electrons. The summed E-state index contributed by atoms with van der Waals surface area (Å²) in [6.45, 7) is 2.80. The summed E-state index contributed by atoms with van der Waals surface area (Å²) in [5.41, 5.74) is 4.74. The fraction of sp³-hybridized carbons (Fsp3) is 0.263. The molecule has 0 aliphatic heterocycles. The zero-order chi connectivity index (χ0) is 19.8. The van der Waals surface area contributed by atoms with E-state index < -0.39 is 0 Å². The number of aromatic nitrogens is 3. The Labute approximate surface area is 175 Å². The molecule has 0 fully saturated rings. The predicted molar refractivity (Wildman–Crippen MR) is 112 cm³/mol. The van der Waals surface area contributed by atoms with Gasteiger partial charge in [-0.1, -0.05) is 41.4 Å². The second-order valence-corrected chi connectivity index (χ2v) is 7.65. The van der Waals surface area contributed by atoms with Crippen LogP contribution in [0, 0.1) is 0 Å². The summed E-state index contributed by atoms with van der Waals surface area (Å²) in [6, 6.07) is 8.15. The van der Waals surface area contributed by atoms with E-state index in [1.807, 2.05) is 12.1 Å². The molecule has 3 rings (SSSR count). The Kier molecular flexibility index (Phi) is 7.32. The standard InChI is InChI=1S/C19H20BrN5O2S/c1-2-3-10-25-16(14-4-6-15(20)7-5-14)13-28-19(25)24-23-17(26)12-27-18-11-21-8-9-22-18/h4-9,11,13H,2-3,10,12H2,1H3,(H,23,26)/b24-19-. The largest absolute Gasteiger partial charge is 0.466 e. The van der Waals surface area contributed by atoms with Crippen molar-refractivity contribution in [2.24, 2.45) is 5.10 Å². The molecule has 2 heterocycles. The first kappa shape index (κ1) is 20.2. The van der Waals surface area contributed by atoms with E-state index in [-0.39, 0.29) is 12.5 Å². The minimum atomic E-state index is -0.355. The van der Waals surface area contributed by atoms with Gasteiger partial charge in [0.25, 0.3) is 5.91 Å². The zero-order valence-corrected chi connectivity index (χ0v) is 17.7. The van der Waals surface area contributed by atoms with Crippen LogP contribution in [0.25, 0.3) is 11.3 Å². The Hall–Kier alpha value is -2.52. The van der Waals surface area contributed by atoms with Crippen LogP contribution in [0.15, 0.2) is 57.8 Å². The Morgan fingerprint density at radius 2 is 2.14 bits per heavy atom. The van der Waals surface area contributed by atoms with E-state index in [9.17, 15) is 4.79 Å². The molecule has 0 unspecified atom stereocenters.